The third-order valence-corrected chi connectivity index (χ3v) is 2.58. The van der Waals surface area contributed by atoms with Crippen molar-refractivity contribution in [1.82, 2.24) is 0 Å². The molecule has 2 heteroatoms. The van der Waals surface area contributed by atoms with E-state index in [-0.39, 0.29) is 22.8 Å². The third kappa shape index (κ3) is 4.16. The highest BCUT2D eigenvalue weighted by Crippen LogP contribution is 2.08. The summed E-state index contributed by atoms with van der Waals surface area (Å²) >= 11 is 0. The number of rotatable bonds is 4. The largest absolute Gasteiger partial charge is 0.294 e. The molecule has 0 heterocycles. The molecule has 2 aromatic rings. The fourth-order valence-corrected chi connectivity index (χ4v) is 1.67. The number of carbonyl (C=O) groups is 1. The first kappa shape index (κ1) is 13.7. The van der Waals surface area contributed by atoms with Gasteiger partial charge in [-0.3, -0.25) is 4.79 Å². The predicted molar refractivity (Wildman–Crippen MR) is 75.9 cm³/mol. The molecule has 0 radical (unpaired) electrons. The molecule has 2 rings (SSSR count). The zero-order valence-electron chi connectivity index (χ0n) is 9.50. The molecule has 2 aromatic carbocycles. The summed E-state index contributed by atoms with van der Waals surface area (Å²) in [5, 5.41) is 0. The minimum atomic E-state index is 0. The second-order valence-corrected chi connectivity index (χ2v) is 3.77. The summed E-state index contributed by atoms with van der Waals surface area (Å²) in [6.45, 7) is 0. The maximum Gasteiger partial charge on any atom is 0.163 e. The molecule has 17 heavy (non-hydrogen) atoms. The second kappa shape index (κ2) is 7.02. The first-order chi connectivity index (χ1) is 7.86. The van der Waals surface area contributed by atoms with Gasteiger partial charge in [-0.1, -0.05) is 60.7 Å². The number of benzene rings is 2. The molecule has 0 aliphatic carbocycles. The van der Waals surface area contributed by atoms with Crippen molar-refractivity contribution in [3.63, 3.8) is 0 Å². The third-order valence-electron chi connectivity index (χ3n) is 2.58. The van der Waals surface area contributed by atoms with Crippen LogP contribution in [0.3, 0.4) is 0 Å². The van der Waals surface area contributed by atoms with Crippen LogP contribution in [0.15, 0.2) is 60.7 Å². The van der Waals surface area contributed by atoms with Crippen LogP contribution in [0.4, 0.5) is 0 Å². The van der Waals surface area contributed by atoms with Crippen molar-refractivity contribution in [2.75, 3.05) is 0 Å². The molecule has 0 saturated carbocycles. The molecule has 0 amide bonds. The van der Waals surface area contributed by atoms with E-state index >= 15 is 0 Å². The first-order valence-electron chi connectivity index (χ1n) is 5.48. The monoisotopic (exact) mass is 290 g/mol. The van der Waals surface area contributed by atoms with Crippen LogP contribution in [-0.4, -0.2) is 5.78 Å². The lowest BCUT2D eigenvalue weighted by atomic mass is 10.0. The Labute approximate surface area is 112 Å². The van der Waals surface area contributed by atoms with Crippen LogP contribution in [0.1, 0.15) is 22.3 Å². The molecule has 0 N–H and O–H groups in total. The lowest BCUT2D eigenvalue weighted by Crippen LogP contribution is -2.00. The number of carbonyl (C=O) groups excluding carboxylic acids is 1. The van der Waals surface area contributed by atoms with Crippen molar-refractivity contribution in [2.45, 2.75) is 12.8 Å². The lowest BCUT2D eigenvalue weighted by molar-refractivity contribution is 0.0983. The highest BCUT2D eigenvalue weighted by molar-refractivity contribution is 8.93. The summed E-state index contributed by atoms with van der Waals surface area (Å²) in [7, 11) is 0. The molecule has 0 aliphatic rings. The quantitative estimate of drug-likeness (QED) is 0.776. The molecule has 0 fully saturated rings. The van der Waals surface area contributed by atoms with E-state index in [0.29, 0.717) is 6.42 Å². The van der Waals surface area contributed by atoms with Crippen molar-refractivity contribution < 1.29 is 4.79 Å². The molecule has 0 saturated heterocycles. The zero-order chi connectivity index (χ0) is 11.2. The van der Waals surface area contributed by atoms with E-state index in [0.717, 1.165) is 12.0 Å². The Morgan fingerprint density at radius 3 is 1.94 bits per heavy atom. The van der Waals surface area contributed by atoms with Crippen LogP contribution >= 0.6 is 17.0 Å². The Kier molecular flexibility index (Phi) is 5.64. The fraction of sp³-hybridized carbons (Fsp3) is 0.133. The molecule has 0 bridgehead atoms. The number of aryl methyl sites for hydroxylation is 1. The van der Waals surface area contributed by atoms with Gasteiger partial charge >= 0.3 is 0 Å². The molecule has 0 aromatic heterocycles. The molecule has 0 atom stereocenters. The molecule has 0 spiro atoms. The van der Waals surface area contributed by atoms with Gasteiger partial charge < -0.3 is 0 Å². The van der Waals surface area contributed by atoms with Gasteiger partial charge in [-0.2, -0.15) is 0 Å². The van der Waals surface area contributed by atoms with Crippen LogP contribution in [0.5, 0.6) is 0 Å². The Morgan fingerprint density at radius 2 is 1.35 bits per heavy atom. The van der Waals surface area contributed by atoms with Gasteiger partial charge in [0, 0.05) is 12.0 Å². The number of halogens is 1. The van der Waals surface area contributed by atoms with Crippen molar-refractivity contribution in [2.24, 2.45) is 0 Å². The molecule has 0 unspecified atom stereocenters. The van der Waals surface area contributed by atoms with Gasteiger partial charge in [0.15, 0.2) is 5.78 Å². The Balaban J connectivity index is 0.00000144. The van der Waals surface area contributed by atoms with E-state index in [1.807, 2.05) is 48.5 Å². The number of ketones is 1. The maximum absolute atomic E-state index is 11.8. The zero-order valence-corrected chi connectivity index (χ0v) is 11.2. The van der Waals surface area contributed by atoms with Gasteiger partial charge in [0.2, 0.25) is 0 Å². The predicted octanol–water partition coefficient (Wildman–Crippen LogP) is 4.08. The molecular formula is C15H15BrO. The van der Waals surface area contributed by atoms with Gasteiger partial charge in [-0.05, 0) is 12.0 Å². The van der Waals surface area contributed by atoms with Crippen LogP contribution < -0.4 is 0 Å². The molecule has 88 valence electrons. The van der Waals surface area contributed by atoms with Gasteiger partial charge in [-0.25, -0.2) is 0 Å². The normalized spacial score (nSPS) is 9.41. The molecular weight excluding hydrogens is 276 g/mol. The SMILES string of the molecule is Br.O=C(CCc1ccccc1)c1ccccc1. The summed E-state index contributed by atoms with van der Waals surface area (Å²) in [4.78, 5) is 11.8. The molecule has 1 nitrogen and oxygen atoms in total. The van der Waals surface area contributed by atoms with E-state index in [9.17, 15) is 4.79 Å². The molecule has 0 aliphatic heterocycles. The van der Waals surface area contributed by atoms with Crippen LogP contribution in [0.25, 0.3) is 0 Å². The minimum absolute atomic E-state index is 0. The van der Waals surface area contributed by atoms with E-state index < -0.39 is 0 Å². The van der Waals surface area contributed by atoms with E-state index in [1.54, 1.807) is 0 Å². The Hall–Kier alpha value is -1.41. The topological polar surface area (TPSA) is 17.1 Å². The summed E-state index contributed by atoms with van der Waals surface area (Å²) in [5.41, 5.74) is 2.02. The second-order valence-electron chi connectivity index (χ2n) is 3.77. The average Bonchev–Trinajstić information content (AvgIpc) is 2.38. The van der Waals surface area contributed by atoms with Gasteiger partial charge in [0.1, 0.15) is 0 Å². The van der Waals surface area contributed by atoms with Gasteiger partial charge in [0.25, 0.3) is 0 Å². The number of hydrogen-bond acceptors (Lipinski definition) is 1. The first-order valence-corrected chi connectivity index (χ1v) is 5.48. The summed E-state index contributed by atoms with van der Waals surface area (Å²) < 4.78 is 0. The summed E-state index contributed by atoms with van der Waals surface area (Å²) in [6.07, 6.45) is 1.39. The lowest BCUT2D eigenvalue weighted by Gasteiger charge is -2.01. The highest BCUT2D eigenvalue weighted by Gasteiger charge is 2.04. The smallest absolute Gasteiger partial charge is 0.163 e. The summed E-state index contributed by atoms with van der Waals surface area (Å²) in [5.74, 6) is 0.212. The summed E-state index contributed by atoms with van der Waals surface area (Å²) in [6, 6.07) is 19.6. The highest BCUT2D eigenvalue weighted by atomic mass is 79.9. The van der Waals surface area contributed by atoms with Crippen molar-refractivity contribution in [3.8, 4) is 0 Å². The van der Waals surface area contributed by atoms with Crippen molar-refractivity contribution >= 4 is 22.8 Å². The fourth-order valence-electron chi connectivity index (χ4n) is 1.67. The number of Topliss-reactive ketones (excluding diaryl/α,β-unsaturated/α-hetero) is 1. The standard InChI is InChI=1S/C15H14O.BrH/c16-15(14-9-5-2-6-10-14)12-11-13-7-3-1-4-8-13;/h1-10H,11-12H2;1H. The van der Waals surface area contributed by atoms with E-state index in [2.05, 4.69) is 12.1 Å². The van der Waals surface area contributed by atoms with E-state index in [1.165, 1.54) is 5.56 Å². The van der Waals surface area contributed by atoms with Gasteiger partial charge in [0.05, 0.1) is 0 Å². The van der Waals surface area contributed by atoms with Crippen molar-refractivity contribution in [3.05, 3.63) is 71.8 Å². The maximum atomic E-state index is 11.8. The van der Waals surface area contributed by atoms with Crippen LogP contribution in [-0.2, 0) is 6.42 Å². The number of hydrogen-bond donors (Lipinski definition) is 0. The van der Waals surface area contributed by atoms with Crippen molar-refractivity contribution in [1.29, 1.82) is 0 Å². The van der Waals surface area contributed by atoms with E-state index in [4.69, 9.17) is 0 Å². The van der Waals surface area contributed by atoms with Gasteiger partial charge in [-0.15, -0.1) is 17.0 Å². The Morgan fingerprint density at radius 1 is 0.824 bits per heavy atom. The van der Waals surface area contributed by atoms with Crippen LogP contribution in [0, 0.1) is 0 Å². The van der Waals surface area contributed by atoms with Crippen LogP contribution in [0.2, 0.25) is 0 Å². The average molecular weight is 291 g/mol. The Bertz CT molecular complexity index is 451. The minimum Gasteiger partial charge on any atom is -0.294 e.